The van der Waals surface area contributed by atoms with Gasteiger partial charge in [-0.2, -0.15) is 0 Å². The summed E-state index contributed by atoms with van der Waals surface area (Å²) in [6, 6.07) is 29.7. The van der Waals surface area contributed by atoms with Gasteiger partial charge in [0.1, 0.15) is 6.04 Å². The minimum absolute atomic E-state index is 0.279. The van der Waals surface area contributed by atoms with Crippen LogP contribution in [0.25, 0.3) is 6.08 Å². The monoisotopic (exact) mass is 594 g/mol. The van der Waals surface area contributed by atoms with E-state index in [1.54, 1.807) is 6.20 Å². The zero-order valence-corrected chi connectivity index (χ0v) is 23.7. The van der Waals surface area contributed by atoms with Crippen molar-refractivity contribution < 1.29 is 19.1 Å². The second-order valence-corrected chi connectivity index (χ2v) is 11.5. The molecule has 3 aliphatic rings. The summed E-state index contributed by atoms with van der Waals surface area (Å²) in [6.45, 7) is 0. The van der Waals surface area contributed by atoms with Gasteiger partial charge in [-0.3, -0.25) is 9.59 Å². The molecule has 0 N–H and O–H groups in total. The summed E-state index contributed by atoms with van der Waals surface area (Å²) in [6.07, 6.45) is 3.01. The van der Waals surface area contributed by atoms with Crippen LogP contribution in [0.2, 0.25) is 10.0 Å². The van der Waals surface area contributed by atoms with E-state index < -0.39 is 47.8 Å². The zero-order valence-electron chi connectivity index (χ0n) is 22.1. The maximum absolute atomic E-state index is 14.3. The number of benzene rings is 4. The number of nitrogens with zero attached hydrogens (tertiary/aromatic N) is 2. The first-order valence-corrected chi connectivity index (χ1v) is 14.4. The molecule has 208 valence electrons. The zero-order chi connectivity index (χ0) is 29.0. The highest BCUT2D eigenvalue weighted by atomic mass is 35.5. The first-order valence-electron chi connectivity index (χ1n) is 13.6. The van der Waals surface area contributed by atoms with Crippen LogP contribution in [0.5, 0.6) is 0 Å². The standard InChI is InChI=1S/C34H24Cl2N2O4/c35-23-17-24(36)19-25(18-23)38-32(39)27-28(33(38)40)30(37-16-15-20-9-7-8-14-26(20)29(27)37)34(41)42-31(21-10-3-1-4-11-21)22-12-5-2-6-13-22/h1-19,27-31H/t27-,28-,29+,30-/m0/s1. The lowest BCUT2D eigenvalue weighted by atomic mass is 9.84. The summed E-state index contributed by atoms with van der Waals surface area (Å²) < 4.78 is 6.28. The molecule has 0 radical (unpaired) electrons. The van der Waals surface area contributed by atoms with Crippen molar-refractivity contribution >= 4 is 52.7 Å². The van der Waals surface area contributed by atoms with Gasteiger partial charge in [-0.25, -0.2) is 9.69 Å². The molecule has 3 heterocycles. The Morgan fingerprint density at radius 1 is 0.738 bits per heavy atom. The average molecular weight is 595 g/mol. The van der Waals surface area contributed by atoms with Gasteiger partial charge >= 0.3 is 5.97 Å². The molecule has 2 saturated heterocycles. The van der Waals surface area contributed by atoms with Crippen molar-refractivity contribution in [1.29, 1.82) is 0 Å². The number of fused-ring (bicyclic) bond motifs is 5. The largest absolute Gasteiger partial charge is 0.451 e. The fourth-order valence-electron chi connectivity index (χ4n) is 6.52. The minimum atomic E-state index is -1.03. The Morgan fingerprint density at radius 3 is 1.95 bits per heavy atom. The number of esters is 1. The average Bonchev–Trinajstić information content (AvgIpc) is 3.48. The van der Waals surface area contributed by atoms with Crippen LogP contribution in [0.15, 0.2) is 109 Å². The van der Waals surface area contributed by atoms with Gasteiger partial charge in [0, 0.05) is 16.2 Å². The molecule has 7 rings (SSSR count). The molecule has 2 amide bonds. The number of carbonyl (C=O) groups is 3. The molecule has 0 unspecified atom stereocenters. The van der Waals surface area contributed by atoms with Crippen molar-refractivity contribution in [3.8, 4) is 0 Å². The topological polar surface area (TPSA) is 66.9 Å². The summed E-state index contributed by atoms with van der Waals surface area (Å²) >= 11 is 12.5. The molecule has 0 spiro atoms. The van der Waals surface area contributed by atoms with Crippen molar-refractivity contribution in [2.75, 3.05) is 4.90 Å². The predicted molar refractivity (Wildman–Crippen MR) is 161 cm³/mol. The Balaban J connectivity index is 1.32. The molecule has 3 aliphatic heterocycles. The SMILES string of the molecule is O=C(OC(c1ccccc1)c1ccccc1)[C@@H]1[C@H]2C(=O)N(c3cc(Cl)cc(Cl)c3)C(=O)[C@@H]2[C@H]2c3ccccc3C=CN12. The van der Waals surface area contributed by atoms with Gasteiger partial charge in [-0.1, -0.05) is 108 Å². The van der Waals surface area contributed by atoms with Crippen molar-refractivity contribution in [2.24, 2.45) is 11.8 Å². The lowest BCUT2D eigenvalue weighted by molar-refractivity contribution is -0.155. The van der Waals surface area contributed by atoms with Gasteiger partial charge in [-0.15, -0.1) is 0 Å². The van der Waals surface area contributed by atoms with Crippen molar-refractivity contribution in [3.05, 3.63) is 142 Å². The number of hydrogen-bond acceptors (Lipinski definition) is 5. The van der Waals surface area contributed by atoms with Gasteiger partial charge in [0.15, 0.2) is 6.10 Å². The smallest absolute Gasteiger partial charge is 0.330 e. The Bertz CT molecular complexity index is 1680. The van der Waals surface area contributed by atoms with Gasteiger partial charge in [0.05, 0.1) is 23.6 Å². The molecule has 8 heteroatoms. The van der Waals surface area contributed by atoms with E-state index >= 15 is 0 Å². The highest BCUT2D eigenvalue weighted by Crippen LogP contribution is 2.54. The van der Waals surface area contributed by atoms with E-state index in [-0.39, 0.29) is 5.69 Å². The molecule has 4 aromatic carbocycles. The number of imide groups is 1. The second kappa shape index (κ2) is 10.5. The molecule has 6 nitrogen and oxygen atoms in total. The van der Waals surface area contributed by atoms with E-state index in [0.717, 1.165) is 27.2 Å². The van der Waals surface area contributed by atoms with Crippen molar-refractivity contribution in [1.82, 2.24) is 4.90 Å². The molecule has 4 atom stereocenters. The molecular formula is C34H24Cl2N2O4. The van der Waals surface area contributed by atoms with Gasteiger partial charge in [0.25, 0.3) is 0 Å². The Labute approximate surface area is 252 Å². The third-order valence-electron chi connectivity index (χ3n) is 8.25. The highest BCUT2D eigenvalue weighted by Gasteiger charge is 2.65. The molecular weight excluding hydrogens is 571 g/mol. The van der Waals surface area contributed by atoms with Crippen LogP contribution < -0.4 is 4.90 Å². The summed E-state index contributed by atoms with van der Waals surface area (Å²) in [5, 5.41) is 0.597. The number of anilines is 1. The maximum Gasteiger partial charge on any atom is 0.330 e. The fourth-order valence-corrected chi connectivity index (χ4v) is 7.03. The number of ether oxygens (including phenoxy) is 1. The number of amides is 2. The summed E-state index contributed by atoms with van der Waals surface area (Å²) in [7, 11) is 0. The second-order valence-electron chi connectivity index (χ2n) is 10.6. The summed E-state index contributed by atoms with van der Waals surface area (Å²) in [4.78, 5) is 45.6. The first kappa shape index (κ1) is 26.5. The lowest BCUT2D eigenvalue weighted by Crippen LogP contribution is -2.45. The lowest BCUT2D eigenvalue weighted by Gasteiger charge is -2.35. The molecule has 0 bridgehead atoms. The van der Waals surface area contributed by atoms with Crippen LogP contribution >= 0.6 is 23.2 Å². The Kier molecular flexibility index (Phi) is 6.60. The molecule has 0 aromatic heterocycles. The summed E-state index contributed by atoms with van der Waals surface area (Å²) in [5.41, 5.74) is 3.68. The Hall–Kier alpha value is -4.39. The summed E-state index contributed by atoms with van der Waals surface area (Å²) in [5.74, 6) is -3.26. The van der Waals surface area contributed by atoms with Gasteiger partial charge in [-0.05, 0) is 46.5 Å². The first-order chi connectivity index (χ1) is 20.4. The van der Waals surface area contributed by atoms with E-state index in [1.165, 1.54) is 18.2 Å². The van der Waals surface area contributed by atoms with E-state index in [2.05, 4.69) is 0 Å². The third-order valence-corrected chi connectivity index (χ3v) is 8.68. The molecule has 2 fully saturated rings. The number of halogens is 2. The van der Waals surface area contributed by atoms with E-state index in [0.29, 0.717) is 10.0 Å². The Morgan fingerprint density at radius 2 is 1.31 bits per heavy atom. The van der Waals surface area contributed by atoms with Crippen molar-refractivity contribution in [3.63, 3.8) is 0 Å². The highest BCUT2D eigenvalue weighted by molar-refractivity contribution is 6.35. The maximum atomic E-state index is 14.3. The van der Waals surface area contributed by atoms with Crippen LogP contribution in [0.1, 0.15) is 34.4 Å². The van der Waals surface area contributed by atoms with Crippen LogP contribution in [0.3, 0.4) is 0 Å². The molecule has 0 aliphatic carbocycles. The van der Waals surface area contributed by atoms with Gasteiger partial charge < -0.3 is 9.64 Å². The van der Waals surface area contributed by atoms with E-state index in [9.17, 15) is 14.4 Å². The number of rotatable bonds is 5. The molecule has 42 heavy (non-hydrogen) atoms. The van der Waals surface area contributed by atoms with Crippen LogP contribution in [-0.2, 0) is 19.1 Å². The normalized spacial score (nSPS) is 22.3. The molecule has 4 aromatic rings. The minimum Gasteiger partial charge on any atom is -0.451 e. The number of carbonyl (C=O) groups excluding carboxylic acids is 3. The predicted octanol–water partition coefficient (Wildman–Crippen LogP) is 6.84. The molecule has 0 saturated carbocycles. The fraction of sp³-hybridized carbons (Fsp3) is 0.147. The van der Waals surface area contributed by atoms with Crippen molar-refractivity contribution in [2.45, 2.75) is 18.2 Å². The van der Waals surface area contributed by atoms with Crippen LogP contribution in [0, 0.1) is 11.8 Å². The number of hydrogen-bond donors (Lipinski definition) is 0. The van der Waals surface area contributed by atoms with Crippen LogP contribution in [-0.4, -0.2) is 28.7 Å². The van der Waals surface area contributed by atoms with E-state index in [4.69, 9.17) is 27.9 Å². The van der Waals surface area contributed by atoms with Crippen LogP contribution in [0.4, 0.5) is 5.69 Å². The van der Waals surface area contributed by atoms with Gasteiger partial charge in [0.2, 0.25) is 11.8 Å². The van der Waals surface area contributed by atoms with E-state index in [1.807, 2.05) is 95.9 Å². The quantitative estimate of drug-likeness (QED) is 0.187. The third kappa shape index (κ3) is 4.30.